The van der Waals surface area contributed by atoms with Gasteiger partial charge in [0, 0.05) is 0 Å². The van der Waals surface area contributed by atoms with Gasteiger partial charge in [0.2, 0.25) is 0 Å². The zero-order valence-electron chi connectivity index (χ0n) is 19.8. The summed E-state index contributed by atoms with van der Waals surface area (Å²) < 4.78 is 11.0. The predicted octanol–water partition coefficient (Wildman–Crippen LogP) is 5.00. The van der Waals surface area contributed by atoms with E-state index in [-0.39, 0.29) is 24.8 Å². The molecule has 0 aromatic rings. The number of ether oxygens (including phenoxy) is 2. The second-order valence-corrected chi connectivity index (χ2v) is 8.65. The first-order valence-corrected chi connectivity index (χ1v) is 12.0. The van der Waals surface area contributed by atoms with Crippen LogP contribution in [0.4, 0.5) is 0 Å². The SMILES string of the molecule is C=CC(=O)C(CCCC)COC(=O)C1CCCCC1C(=O)OCC(CCCC)C(=O)C=C. The third-order valence-electron chi connectivity index (χ3n) is 6.24. The minimum absolute atomic E-state index is 0.00881. The average Bonchev–Trinajstić information content (AvgIpc) is 2.82. The molecule has 1 saturated carbocycles. The van der Waals surface area contributed by atoms with Crippen molar-refractivity contribution in [1.29, 1.82) is 0 Å². The molecule has 0 aromatic heterocycles. The van der Waals surface area contributed by atoms with Gasteiger partial charge >= 0.3 is 11.9 Å². The molecule has 4 atom stereocenters. The average molecular weight is 449 g/mol. The van der Waals surface area contributed by atoms with Gasteiger partial charge in [0.1, 0.15) is 13.2 Å². The van der Waals surface area contributed by atoms with E-state index < -0.39 is 35.6 Å². The fourth-order valence-electron chi connectivity index (χ4n) is 4.12. The van der Waals surface area contributed by atoms with E-state index in [1.165, 1.54) is 12.2 Å². The van der Waals surface area contributed by atoms with E-state index in [0.29, 0.717) is 25.7 Å². The molecule has 1 fully saturated rings. The maximum absolute atomic E-state index is 12.8. The van der Waals surface area contributed by atoms with Gasteiger partial charge < -0.3 is 9.47 Å². The summed E-state index contributed by atoms with van der Waals surface area (Å²) in [5.74, 6) is -3.10. The standard InChI is InChI=1S/C26H40O6/c1-5-9-13-19(23(27)7-3)17-31-25(29)21-15-11-12-16-22(21)26(30)32-18-20(14-10-6-2)24(28)8-4/h7-8,19-22H,3-6,9-18H2,1-2H3. The van der Waals surface area contributed by atoms with Gasteiger partial charge in [0.25, 0.3) is 0 Å². The Hall–Kier alpha value is -2.24. The molecular weight excluding hydrogens is 408 g/mol. The molecule has 1 rings (SSSR count). The quantitative estimate of drug-likeness (QED) is 0.244. The first-order chi connectivity index (χ1) is 15.4. The van der Waals surface area contributed by atoms with Crippen LogP contribution in [0.15, 0.2) is 25.3 Å². The van der Waals surface area contributed by atoms with Crippen molar-refractivity contribution in [2.75, 3.05) is 13.2 Å². The zero-order valence-corrected chi connectivity index (χ0v) is 19.8. The second kappa shape index (κ2) is 15.5. The molecule has 0 heterocycles. The first-order valence-electron chi connectivity index (χ1n) is 12.0. The van der Waals surface area contributed by atoms with Crippen LogP contribution in [0.5, 0.6) is 0 Å². The highest BCUT2D eigenvalue weighted by Gasteiger charge is 2.38. The van der Waals surface area contributed by atoms with E-state index in [4.69, 9.17) is 9.47 Å². The molecule has 32 heavy (non-hydrogen) atoms. The van der Waals surface area contributed by atoms with E-state index in [1.54, 1.807) is 0 Å². The summed E-state index contributed by atoms with van der Waals surface area (Å²) in [6, 6.07) is 0. The summed E-state index contributed by atoms with van der Waals surface area (Å²) in [4.78, 5) is 49.7. The van der Waals surface area contributed by atoms with E-state index in [9.17, 15) is 19.2 Å². The highest BCUT2D eigenvalue weighted by Crippen LogP contribution is 2.32. The van der Waals surface area contributed by atoms with E-state index in [2.05, 4.69) is 13.2 Å². The molecule has 0 N–H and O–H groups in total. The number of esters is 2. The number of hydrogen-bond donors (Lipinski definition) is 0. The molecule has 6 nitrogen and oxygen atoms in total. The molecule has 0 saturated heterocycles. The summed E-state index contributed by atoms with van der Waals surface area (Å²) in [5.41, 5.74) is 0. The van der Waals surface area contributed by atoms with Gasteiger partial charge in [-0.25, -0.2) is 0 Å². The van der Waals surface area contributed by atoms with Crippen molar-refractivity contribution in [1.82, 2.24) is 0 Å². The lowest BCUT2D eigenvalue weighted by atomic mass is 9.79. The van der Waals surface area contributed by atoms with Crippen LogP contribution >= 0.6 is 0 Å². The molecule has 0 aliphatic heterocycles. The summed E-state index contributed by atoms with van der Waals surface area (Å²) >= 11 is 0. The Labute approximate surface area is 192 Å². The summed E-state index contributed by atoms with van der Waals surface area (Å²) in [7, 11) is 0. The lowest BCUT2D eigenvalue weighted by Gasteiger charge is -2.29. The van der Waals surface area contributed by atoms with Crippen LogP contribution in [0.25, 0.3) is 0 Å². The summed E-state index contributed by atoms with van der Waals surface area (Å²) in [5, 5.41) is 0. The van der Waals surface area contributed by atoms with Crippen LogP contribution in [0.3, 0.4) is 0 Å². The van der Waals surface area contributed by atoms with Crippen molar-refractivity contribution < 1.29 is 28.7 Å². The molecule has 0 aromatic carbocycles. The van der Waals surface area contributed by atoms with E-state index in [0.717, 1.165) is 38.5 Å². The number of rotatable bonds is 16. The third kappa shape index (κ3) is 9.09. The van der Waals surface area contributed by atoms with Crippen molar-refractivity contribution in [3.63, 3.8) is 0 Å². The van der Waals surface area contributed by atoms with Crippen LogP contribution in [-0.4, -0.2) is 36.7 Å². The highest BCUT2D eigenvalue weighted by molar-refractivity contribution is 5.92. The monoisotopic (exact) mass is 448 g/mol. The van der Waals surface area contributed by atoms with E-state index >= 15 is 0 Å². The number of ketones is 2. The first kappa shape index (κ1) is 27.8. The van der Waals surface area contributed by atoms with Crippen molar-refractivity contribution in [3.05, 3.63) is 25.3 Å². The smallest absolute Gasteiger partial charge is 0.309 e. The lowest BCUT2D eigenvalue weighted by Crippen LogP contribution is -2.37. The third-order valence-corrected chi connectivity index (χ3v) is 6.24. The molecule has 4 unspecified atom stereocenters. The van der Waals surface area contributed by atoms with Crippen LogP contribution < -0.4 is 0 Å². The summed E-state index contributed by atoms with van der Waals surface area (Å²) in [6.45, 7) is 11.2. The minimum atomic E-state index is -0.578. The van der Waals surface area contributed by atoms with E-state index in [1.807, 2.05) is 13.8 Å². The van der Waals surface area contributed by atoms with Gasteiger partial charge in [-0.15, -0.1) is 0 Å². The van der Waals surface area contributed by atoms with Crippen molar-refractivity contribution in [2.45, 2.75) is 78.1 Å². The van der Waals surface area contributed by atoms with Crippen LogP contribution in [0.1, 0.15) is 78.1 Å². The van der Waals surface area contributed by atoms with Gasteiger partial charge in [-0.05, 0) is 37.8 Å². The Morgan fingerprint density at radius 1 is 0.781 bits per heavy atom. The fourth-order valence-corrected chi connectivity index (χ4v) is 4.12. The maximum Gasteiger partial charge on any atom is 0.309 e. The van der Waals surface area contributed by atoms with Crippen molar-refractivity contribution in [3.8, 4) is 0 Å². The maximum atomic E-state index is 12.8. The number of allylic oxidation sites excluding steroid dienone is 2. The second-order valence-electron chi connectivity index (χ2n) is 8.65. The minimum Gasteiger partial charge on any atom is -0.465 e. The Bertz CT molecular complexity index is 597. The topological polar surface area (TPSA) is 86.7 Å². The highest BCUT2D eigenvalue weighted by atomic mass is 16.5. The van der Waals surface area contributed by atoms with Gasteiger partial charge in [-0.1, -0.05) is 65.5 Å². The van der Waals surface area contributed by atoms with Crippen molar-refractivity contribution >= 4 is 23.5 Å². The normalized spacial score (nSPS) is 19.9. The number of hydrogen-bond acceptors (Lipinski definition) is 6. The Morgan fingerprint density at radius 3 is 1.47 bits per heavy atom. The summed E-state index contributed by atoms with van der Waals surface area (Å²) in [6.07, 6.45) is 10.2. The van der Waals surface area contributed by atoms with Crippen LogP contribution in [0.2, 0.25) is 0 Å². The molecule has 0 amide bonds. The predicted molar refractivity (Wildman–Crippen MR) is 124 cm³/mol. The fraction of sp³-hybridized carbons (Fsp3) is 0.692. The van der Waals surface area contributed by atoms with Gasteiger partial charge in [-0.3, -0.25) is 19.2 Å². The number of carbonyl (C=O) groups excluding carboxylic acids is 4. The van der Waals surface area contributed by atoms with Crippen LogP contribution in [-0.2, 0) is 28.7 Å². The molecule has 1 aliphatic carbocycles. The Kier molecular flexibility index (Phi) is 13.5. The molecular formula is C26H40O6. The van der Waals surface area contributed by atoms with Gasteiger partial charge in [0.05, 0.1) is 23.7 Å². The Morgan fingerprint density at radius 2 is 1.16 bits per heavy atom. The van der Waals surface area contributed by atoms with Gasteiger partial charge in [0.15, 0.2) is 11.6 Å². The Balaban J connectivity index is 2.72. The lowest BCUT2D eigenvalue weighted by molar-refractivity contribution is -0.165. The number of unbranched alkanes of at least 4 members (excludes halogenated alkanes) is 2. The van der Waals surface area contributed by atoms with Gasteiger partial charge in [-0.2, -0.15) is 0 Å². The molecule has 0 spiro atoms. The number of carbonyl (C=O) groups is 4. The molecule has 0 radical (unpaired) electrons. The molecule has 1 aliphatic rings. The van der Waals surface area contributed by atoms with Crippen molar-refractivity contribution in [2.24, 2.45) is 23.7 Å². The molecule has 6 heteroatoms. The zero-order chi connectivity index (χ0) is 23.9. The molecule has 0 bridgehead atoms. The largest absolute Gasteiger partial charge is 0.465 e. The van der Waals surface area contributed by atoms with Crippen LogP contribution in [0, 0.1) is 23.7 Å². The molecule has 180 valence electrons.